The largest absolute Gasteiger partial charge is 0.573 e. The number of hydrogen-bond donors (Lipinski definition) is 1. The second kappa shape index (κ2) is 6.11. The third-order valence-corrected chi connectivity index (χ3v) is 3.68. The summed E-state index contributed by atoms with van der Waals surface area (Å²) in [5.74, 6) is -0.518. The first-order chi connectivity index (χ1) is 10.9. The van der Waals surface area contributed by atoms with Gasteiger partial charge in [-0.3, -0.25) is 4.68 Å². The molecule has 2 heterocycles. The lowest BCUT2D eigenvalue weighted by molar-refractivity contribution is -0.274. The Hall–Kier alpha value is -2.22. The Balaban J connectivity index is 1.86. The Kier molecular flexibility index (Phi) is 4.16. The molecule has 0 bridgehead atoms. The topological polar surface area (TPSA) is 56.5 Å². The van der Waals surface area contributed by atoms with Gasteiger partial charge in [-0.2, -0.15) is 5.10 Å². The van der Waals surface area contributed by atoms with Crippen LogP contribution >= 0.6 is 0 Å². The quantitative estimate of drug-likeness (QED) is 0.937. The van der Waals surface area contributed by atoms with Crippen molar-refractivity contribution in [1.82, 2.24) is 9.78 Å². The summed E-state index contributed by atoms with van der Waals surface area (Å²) in [5, 5.41) is 14.2. The third-order valence-electron chi connectivity index (χ3n) is 3.68. The molecule has 0 radical (unpaired) electrons. The minimum Gasteiger partial charge on any atom is -0.507 e. The number of alkyl halides is 3. The predicted octanol–water partition coefficient (Wildman–Crippen LogP) is 3.51. The molecule has 3 rings (SSSR count). The van der Waals surface area contributed by atoms with Crippen molar-refractivity contribution in [2.75, 3.05) is 13.2 Å². The summed E-state index contributed by atoms with van der Waals surface area (Å²) in [7, 11) is 0. The van der Waals surface area contributed by atoms with Crippen LogP contribution in [-0.2, 0) is 4.74 Å². The van der Waals surface area contributed by atoms with Crippen LogP contribution in [0.3, 0.4) is 0 Å². The number of hydrogen-bond acceptors (Lipinski definition) is 4. The van der Waals surface area contributed by atoms with Crippen molar-refractivity contribution in [3.63, 3.8) is 0 Å². The normalized spacial score (nSPS) is 16.5. The van der Waals surface area contributed by atoms with Crippen LogP contribution in [0.1, 0.15) is 18.9 Å². The molecule has 8 heteroatoms. The van der Waals surface area contributed by atoms with Gasteiger partial charge in [0.25, 0.3) is 0 Å². The van der Waals surface area contributed by atoms with E-state index in [-0.39, 0.29) is 23.1 Å². The molecule has 0 saturated carbocycles. The van der Waals surface area contributed by atoms with Gasteiger partial charge in [0.15, 0.2) is 0 Å². The highest BCUT2D eigenvalue weighted by Gasteiger charge is 2.31. The van der Waals surface area contributed by atoms with Gasteiger partial charge in [0.1, 0.15) is 11.5 Å². The van der Waals surface area contributed by atoms with Crippen molar-refractivity contribution in [2.45, 2.75) is 25.2 Å². The van der Waals surface area contributed by atoms with E-state index in [9.17, 15) is 18.3 Å². The van der Waals surface area contributed by atoms with E-state index in [0.717, 1.165) is 25.0 Å². The molecule has 124 valence electrons. The second-order valence-corrected chi connectivity index (χ2v) is 5.28. The fourth-order valence-corrected chi connectivity index (χ4v) is 2.57. The van der Waals surface area contributed by atoms with Crippen LogP contribution in [0.2, 0.25) is 0 Å². The highest BCUT2D eigenvalue weighted by molar-refractivity contribution is 5.70. The minimum absolute atomic E-state index is 0.133. The van der Waals surface area contributed by atoms with Gasteiger partial charge >= 0.3 is 6.36 Å². The van der Waals surface area contributed by atoms with Crippen LogP contribution in [0.25, 0.3) is 11.1 Å². The molecule has 0 unspecified atom stereocenters. The molecule has 1 saturated heterocycles. The first-order valence-corrected chi connectivity index (χ1v) is 7.13. The molecular weight excluding hydrogens is 313 g/mol. The fourth-order valence-electron chi connectivity index (χ4n) is 2.57. The van der Waals surface area contributed by atoms with Gasteiger partial charge in [-0.15, -0.1) is 13.2 Å². The van der Waals surface area contributed by atoms with E-state index in [1.807, 2.05) is 0 Å². The van der Waals surface area contributed by atoms with E-state index in [2.05, 4.69) is 9.84 Å². The van der Waals surface area contributed by atoms with Crippen LogP contribution in [0.4, 0.5) is 13.2 Å². The maximum atomic E-state index is 12.3. The first-order valence-electron chi connectivity index (χ1n) is 7.13. The maximum Gasteiger partial charge on any atom is 0.573 e. The molecule has 1 aliphatic rings. The maximum absolute atomic E-state index is 12.3. The number of phenols is 1. The summed E-state index contributed by atoms with van der Waals surface area (Å²) < 4.78 is 47.9. The second-order valence-electron chi connectivity index (χ2n) is 5.28. The highest BCUT2D eigenvalue weighted by atomic mass is 19.4. The standard InChI is InChI=1S/C15H15F3N2O3/c16-15(17,18)23-12-1-2-14(21)13(7-12)10-8-19-20(9-10)11-3-5-22-6-4-11/h1-2,7-9,11,21H,3-6H2. The zero-order chi connectivity index (χ0) is 16.4. The van der Waals surface area contributed by atoms with E-state index < -0.39 is 6.36 Å². The SMILES string of the molecule is Oc1ccc(OC(F)(F)F)cc1-c1cnn(C2CCOCC2)c1. The number of ether oxygens (including phenoxy) is 2. The molecule has 1 aromatic heterocycles. The number of nitrogens with zero attached hydrogens (tertiary/aromatic N) is 2. The summed E-state index contributed by atoms with van der Waals surface area (Å²) in [6.07, 6.45) is 0.0967. The molecule has 0 spiro atoms. The van der Waals surface area contributed by atoms with Gasteiger partial charge in [0, 0.05) is 30.5 Å². The summed E-state index contributed by atoms with van der Waals surface area (Å²) in [6.45, 7) is 1.31. The van der Waals surface area contributed by atoms with Crippen LogP contribution < -0.4 is 4.74 Å². The Morgan fingerprint density at radius 1 is 1.26 bits per heavy atom. The van der Waals surface area contributed by atoms with Crippen molar-refractivity contribution in [1.29, 1.82) is 0 Å². The van der Waals surface area contributed by atoms with Gasteiger partial charge in [0.2, 0.25) is 0 Å². The summed E-state index contributed by atoms with van der Waals surface area (Å²) in [4.78, 5) is 0. The van der Waals surface area contributed by atoms with E-state index >= 15 is 0 Å². The molecule has 1 aliphatic heterocycles. The third kappa shape index (κ3) is 3.76. The Labute approximate surface area is 130 Å². The lowest BCUT2D eigenvalue weighted by Gasteiger charge is -2.22. The van der Waals surface area contributed by atoms with E-state index in [4.69, 9.17) is 4.74 Å². The van der Waals surface area contributed by atoms with Gasteiger partial charge in [-0.25, -0.2) is 0 Å². The van der Waals surface area contributed by atoms with Crippen molar-refractivity contribution in [3.8, 4) is 22.6 Å². The van der Waals surface area contributed by atoms with Crippen LogP contribution in [0, 0.1) is 0 Å². The Bertz CT molecular complexity index is 679. The molecule has 1 aromatic carbocycles. The zero-order valence-electron chi connectivity index (χ0n) is 12.1. The molecular formula is C15H15F3N2O3. The molecule has 2 aromatic rings. The predicted molar refractivity (Wildman–Crippen MR) is 75.1 cm³/mol. The molecule has 1 N–H and O–H groups in total. The van der Waals surface area contributed by atoms with Crippen molar-refractivity contribution in [3.05, 3.63) is 30.6 Å². The molecule has 0 amide bonds. The van der Waals surface area contributed by atoms with Crippen LogP contribution in [0.5, 0.6) is 11.5 Å². The van der Waals surface area contributed by atoms with Gasteiger partial charge in [0.05, 0.1) is 12.2 Å². The molecule has 0 atom stereocenters. The smallest absolute Gasteiger partial charge is 0.507 e. The lowest BCUT2D eigenvalue weighted by atomic mass is 10.1. The van der Waals surface area contributed by atoms with Gasteiger partial charge in [-0.05, 0) is 31.0 Å². The number of rotatable bonds is 3. The number of halogens is 3. The zero-order valence-corrected chi connectivity index (χ0v) is 12.1. The Morgan fingerprint density at radius 2 is 2.00 bits per heavy atom. The van der Waals surface area contributed by atoms with Crippen molar-refractivity contribution in [2.24, 2.45) is 0 Å². The van der Waals surface area contributed by atoms with Crippen LogP contribution in [-0.4, -0.2) is 34.5 Å². The first kappa shape index (κ1) is 15.7. The van der Waals surface area contributed by atoms with E-state index in [1.165, 1.54) is 12.3 Å². The Morgan fingerprint density at radius 3 is 2.70 bits per heavy atom. The number of aromatic nitrogens is 2. The summed E-state index contributed by atoms with van der Waals surface area (Å²) >= 11 is 0. The van der Waals surface area contributed by atoms with Gasteiger partial charge in [-0.1, -0.05) is 0 Å². The number of aromatic hydroxyl groups is 1. The van der Waals surface area contributed by atoms with Gasteiger partial charge < -0.3 is 14.6 Å². The van der Waals surface area contributed by atoms with Crippen molar-refractivity contribution < 1.29 is 27.8 Å². The number of benzene rings is 1. The van der Waals surface area contributed by atoms with Crippen LogP contribution in [0.15, 0.2) is 30.6 Å². The average molecular weight is 328 g/mol. The molecule has 1 fully saturated rings. The number of phenolic OH excluding ortho intramolecular Hbond substituents is 1. The monoisotopic (exact) mass is 328 g/mol. The summed E-state index contributed by atoms with van der Waals surface area (Å²) in [5.41, 5.74) is 0.770. The molecule has 5 nitrogen and oxygen atoms in total. The molecule has 0 aliphatic carbocycles. The average Bonchev–Trinajstić information content (AvgIpc) is 2.98. The van der Waals surface area contributed by atoms with E-state index in [1.54, 1.807) is 10.9 Å². The van der Waals surface area contributed by atoms with E-state index in [0.29, 0.717) is 18.8 Å². The summed E-state index contributed by atoms with van der Waals surface area (Å²) in [6, 6.07) is 3.57. The highest BCUT2D eigenvalue weighted by Crippen LogP contribution is 2.35. The van der Waals surface area contributed by atoms with Crippen molar-refractivity contribution >= 4 is 0 Å². The lowest BCUT2D eigenvalue weighted by Crippen LogP contribution is -2.19. The fraction of sp³-hybridized carbons (Fsp3) is 0.400. The minimum atomic E-state index is -4.78. The molecule has 23 heavy (non-hydrogen) atoms.